The Morgan fingerprint density at radius 3 is 2.08 bits per heavy atom. The fourth-order valence-electron chi connectivity index (χ4n) is 3.01. The molecule has 1 unspecified atom stereocenters. The van der Waals surface area contributed by atoms with E-state index in [4.69, 9.17) is 9.56 Å². The van der Waals surface area contributed by atoms with E-state index in [1.165, 1.54) is 0 Å². The fourth-order valence-corrected chi connectivity index (χ4v) is 4.24. The van der Waals surface area contributed by atoms with Crippen LogP contribution in [0.1, 0.15) is 48.9 Å². The molecular formula is C20H27O5P. The molecule has 0 heterocycles. The van der Waals surface area contributed by atoms with Gasteiger partial charge in [-0.3, -0.25) is 4.57 Å². The van der Waals surface area contributed by atoms with E-state index in [1.807, 2.05) is 39.8 Å². The summed E-state index contributed by atoms with van der Waals surface area (Å²) in [5, 5.41) is 9.39. The molecule has 0 spiro atoms. The zero-order chi connectivity index (χ0) is 19.3. The molecule has 142 valence electrons. The van der Waals surface area contributed by atoms with Crippen molar-refractivity contribution in [1.29, 1.82) is 0 Å². The van der Waals surface area contributed by atoms with Gasteiger partial charge in [0.2, 0.25) is 0 Å². The summed E-state index contributed by atoms with van der Waals surface area (Å²) in [5.41, 5.74) is 3.82. The lowest BCUT2D eigenvalue weighted by atomic mass is 9.96. The van der Waals surface area contributed by atoms with Crippen molar-refractivity contribution in [2.45, 2.75) is 52.6 Å². The molecule has 0 aromatic heterocycles. The first kappa shape index (κ1) is 20.5. The first-order valence-corrected chi connectivity index (χ1v) is 10.5. The summed E-state index contributed by atoms with van der Waals surface area (Å²) in [4.78, 5) is 15.2. The van der Waals surface area contributed by atoms with Crippen molar-refractivity contribution >= 4 is 7.60 Å². The molecular weight excluding hydrogens is 351 g/mol. The normalized spacial score (nSPS) is 13.6. The van der Waals surface area contributed by atoms with Crippen LogP contribution in [-0.4, -0.2) is 15.7 Å². The smallest absolute Gasteiger partial charge is 0.369 e. The molecule has 2 rings (SSSR count). The molecule has 0 aliphatic heterocycles. The summed E-state index contributed by atoms with van der Waals surface area (Å²) >= 11 is 0. The Kier molecular flexibility index (Phi) is 6.87. The number of phenolic OH excluding ortho intramolecular Hbond substituents is 1. The lowest BCUT2D eigenvalue weighted by Crippen LogP contribution is -2.10. The van der Waals surface area contributed by atoms with E-state index in [2.05, 4.69) is 0 Å². The maximum atomic E-state index is 12.2. The van der Waals surface area contributed by atoms with Gasteiger partial charge in [-0.2, -0.15) is 0 Å². The van der Waals surface area contributed by atoms with Gasteiger partial charge in [0, 0.05) is 0 Å². The molecule has 1 atom stereocenters. The van der Waals surface area contributed by atoms with Crippen LogP contribution in [0.15, 0.2) is 36.4 Å². The Morgan fingerprint density at radius 1 is 1.04 bits per heavy atom. The van der Waals surface area contributed by atoms with Crippen molar-refractivity contribution in [1.82, 2.24) is 0 Å². The van der Waals surface area contributed by atoms with E-state index in [1.54, 1.807) is 24.3 Å². The summed E-state index contributed by atoms with van der Waals surface area (Å²) in [7, 11) is -3.82. The van der Waals surface area contributed by atoms with Crippen LogP contribution in [0, 0.1) is 13.8 Å². The van der Waals surface area contributed by atoms with Gasteiger partial charge in [-0.1, -0.05) is 30.7 Å². The number of hydrogen-bond acceptors (Lipinski definition) is 4. The van der Waals surface area contributed by atoms with E-state index in [0.717, 1.165) is 28.7 Å². The van der Waals surface area contributed by atoms with Crippen LogP contribution >= 0.6 is 7.60 Å². The Morgan fingerprint density at radius 2 is 1.58 bits per heavy atom. The Hall–Kier alpha value is -1.81. The quantitative estimate of drug-likeness (QED) is 0.371. The van der Waals surface area contributed by atoms with E-state index in [0.29, 0.717) is 18.6 Å². The molecule has 0 saturated heterocycles. The molecule has 2 aromatic rings. The zero-order valence-electron chi connectivity index (χ0n) is 15.7. The van der Waals surface area contributed by atoms with Crippen molar-refractivity contribution in [3.63, 3.8) is 0 Å². The third-order valence-electron chi connectivity index (χ3n) is 4.63. The Balaban J connectivity index is 2.13. The topological polar surface area (TPSA) is 76.0 Å². The number of benzene rings is 2. The second-order valence-corrected chi connectivity index (χ2v) is 8.58. The van der Waals surface area contributed by atoms with Crippen LogP contribution < -0.4 is 4.89 Å². The second kappa shape index (κ2) is 8.72. The van der Waals surface area contributed by atoms with E-state index in [9.17, 15) is 14.6 Å². The molecule has 26 heavy (non-hydrogen) atoms. The average molecular weight is 378 g/mol. The molecule has 0 bridgehead atoms. The lowest BCUT2D eigenvalue weighted by molar-refractivity contribution is -0.111. The highest BCUT2D eigenvalue weighted by Crippen LogP contribution is 2.50. The summed E-state index contributed by atoms with van der Waals surface area (Å²) in [6, 6.07) is 10.7. The monoisotopic (exact) mass is 378 g/mol. The van der Waals surface area contributed by atoms with E-state index in [-0.39, 0.29) is 5.75 Å². The molecule has 2 N–H and O–H groups in total. The zero-order valence-corrected chi connectivity index (χ0v) is 16.6. The van der Waals surface area contributed by atoms with Gasteiger partial charge in [-0.25, -0.2) is 0 Å². The van der Waals surface area contributed by atoms with Crippen LogP contribution in [0.25, 0.3) is 0 Å². The molecule has 2 aromatic carbocycles. The highest BCUT2D eigenvalue weighted by molar-refractivity contribution is 7.53. The van der Waals surface area contributed by atoms with Gasteiger partial charge in [0.25, 0.3) is 0 Å². The minimum Gasteiger partial charge on any atom is -0.508 e. The molecule has 0 fully saturated rings. The molecule has 0 radical (unpaired) electrons. The van der Waals surface area contributed by atoms with Gasteiger partial charge >= 0.3 is 7.60 Å². The SMILES string of the molecule is CCC(CC)P(=O)(O)OOc1cc(C)c(Cc2ccc(O)cc2)c(C)c1. The number of aromatic hydroxyl groups is 1. The summed E-state index contributed by atoms with van der Waals surface area (Å²) in [6.45, 7) is 7.64. The van der Waals surface area contributed by atoms with Crippen LogP contribution in [0.3, 0.4) is 0 Å². The minimum atomic E-state index is -3.82. The third kappa shape index (κ3) is 5.10. The standard InChI is InChI=1S/C20H27O5P/c1-5-19(6-2)26(22,23)25-24-18-11-14(3)20(15(4)12-18)13-16-7-9-17(21)10-8-16/h7-12,19,21H,5-6,13H2,1-4H3,(H,22,23). The van der Waals surface area contributed by atoms with Gasteiger partial charge in [0.1, 0.15) is 5.75 Å². The van der Waals surface area contributed by atoms with Crippen LogP contribution in [-0.2, 0) is 15.7 Å². The van der Waals surface area contributed by atoms with Crippen molar-refractivity contribution < 1.29 is 24.1 Å². The van der Waals surface area contributed by atoms with Gasteiger partial charge in [-0.15, -0.1) is 0 Å². The molecule has 0 aliphatic rings. The number of aryl methyl sites for hydroxylation is 2. The van der Waals surface area contributed by atoms with Crippen LogP contribution in [0.4, 0.5) is 0 Å². The van der Waals surface area contributed by atoms with E-state index < -0.39 is 13.3 Å². The van der Waals surface area contributed by atoms with Gasteiger partial charge < -0.3 is 14.9 Å². The van der Waals surface area contributed by atoms with Crippen molar-refractivity contribution in [3.05, 3.63) is 58.7 Å². The van der Waals surface area contributed by atoms with Crippen molar-refractivity contribution in [2.24, 2.45) is 0 Å². The minimum absolute atomic E-state index is 0.244. The number of phenols is 1. The van der Waals surface area contributed by atoms with Crippen molar-refractivity contribution in [3.8, 4) is 11.5 Å². The summed E-state index contributed by atoms with van der Waals surface area (Å²) in [5.74, 6) is 0.656. The average Bonchev–Trinajstić information content (AvgIpc) is 2.59. The first-order chi connectivity index (χ1) is 12.3. The van der Waals surface area contributed by atoms with Gasteiger partial charge in [-0.05, 0) is 79.6 Å². The Bertz CT molecular complexity index is 758. The predicted octanol–water partition coefficient (Wildman–Crippen LogP) is 5.28. The second-order valence-electron chi connectivity index (χ2n) is 6.57. The fraction of sp³-hybridized carbons (Fsp3) is 0.400. The maximum absolute atomic E-state index is 12.2. The van der Waals surface area contributed by atoms with Crippen LogP contribution in [0.2, 0.25) is 0 Å². The number of rotatable bonds is 8. The van der Waals surface area contributed by atoms with Crippen LogP contribution in [0.5, 0.6) is 11.5 Å². The molecule has 0 saturated carbocycles. The summed E-state index contributed by atoms with van der Waals surface area (Å²) in [6.07, 6.45) is 1.83. The molecule has 6 heteroatoms. The number of hydrogen-bond donors (Lipinski definition) is 2. The molecule has 0 amide bonds. The van der Waals surface area contributed by atoms with E-state index >= 15 is 0 Å². The third-order valence-corrected chi connectivity index (χ3v) is 6.57. The highest BCUT2D eigenvalue weighted by atomic mass is 31.2. The van der Waals surface area contributed by atoms with Gasteiger partial charge in [0.15, 0.2) is 5.75 Å². The molecule has 5 nitrogen and oxygen atoms in total. The highest BCUT2D eigenvalue weighted by Gasteiger charge is 2.31. The summed E-state index contributed by atoms with van der Waals surface area (Å²) < 4.78 is 17.2. The van der Waals surface area contributed by atoms with Crippen molar-refractivity contribution in [2.75, 3.05) is 0 Å². The lowest BCUT2D eigenvalue weighted by Gasteiger charge is -2.19. The predicted molar refractivity (Wildman–Crippen MR) is 103 cm³/mol. The Labute approximate surface area is 155 Å². The molecule has 0 aliphatic carbocycles. The van der Waals surface area contributed by atoms with Gasteiger partial charge in [0.05, 0.1) is 5.66 Å². The maximum Gasteiger partial charge on any atom is 0.369 e. The first-order valence-electron chi connectivity index (χ1n) is 8.83. The largest absolute Gasteiger partial charge is 0.508 e.